The van der Waals surface area contributed by atoms with E-state index in [0.717, 1.165) is 3.90 Å². The molecule has 0 saturated carbocycles. The fraction of sp³-hybridized carbons (Fsp3) is 0.250. The SMILES string of the molecule is C[I-]c1ncco1. The van der Waals surface area contributed by atoms with E-state index in [0.29, 0.717) is 0 Å². The van der Waals surface area contributed by atoms with E-state index in [4.69, 9.17) is 4.42 Å². The molecule has 0 unspecified atom stereocenters. The molecule has 0 atom stereocenters. The second kappa shape index (κ2) is 2.30. The summed E-state index contributed by atoms with van der Waals surface area (Å²) in [7, 11) is 0. The van der Waals surface area contributed by atoms with Crippen molar-refractivity contribution in [3.63, 3.8) is 0 Å². The van der Waals surface area contributed by atoms with Crippen LogP contribution in [0.2, 0.25) is 0 Å². The van der Waals surface area contributed by atoms with Crippen molar-refractivity contribution in [1.82, 2.24) is 4.98 Å². The topological polar surface area (TPSA) is 26.0 Å². The zero-order valence-electron chi connectivity index (χ0n) is 3.89. The van der Waals surface area contributed by atoms with Crippen molar-refractivity contribution in [2.45, 2.75) is 0 Å². The van der Waals surface area contributed by atoms with E-state index in [-0.39, 0.29) is 21.2 Å². The summed E-state index contributed by atoms with van der Waals surface area (Å²) < 4.78 is 5.84. The van der Waals surface area contributed by atoms with Gasteiger partial charge in [0, 0.05) is 0 Å². The van der Waals surface area contributed by atoms with Gasteiger partial charge in [0.05, 0.1) is 0 Å². The van der Waals surface area contributed by atoms with E-state index < -0.39 is 0 Å². The molecule has 0 spiro atoms. The van der Waals surface area contributed by atoms with Crippen molar-refractivity contribution in [3.05, 3.63) is 16.4 Å². The van der Waals surface area contributed by atoms with Crippen molar-refractivity contribution in [2.75, 3.05) is 4.93 Å². The second-order valence-electron chi connectivity index (χ2n) is 0.974. The van der Waals surface area contributed by atoms with Crippen molar-refractivity contribution in [1.29, 1.82) is 0 Å². The molecule has 1 heterocycles. The molecule has 0 N–H and O–H groups in total. The predicted octanol–water partition coefficient (Wildman–Crippen LogP) is -2.44. The molecular weight excluding hydrogens is 205 g/mol. The van der Waals surface area contributed by atoms with E-state index in [1.54, 1.807) is 12.5 Å². The number of oxazole rings is 1. The van der Waals surface area contributed by atoms with Gasteiger partial charge in [-0.25, -0.2) is 0 Å². The molecule has 7 heavy (non-hydrogen) atoms. The standard InChI is InChI=1S/C4H5INO/c1-5-4-6-2-3-7-4/h2-3H,1H3/q-1. The van der Waals surface area contributed by atoms with Crippen molar-refractivity contribution >= 4 is 0 Å². The van der Waals surface area contributed by atoms with Crippen LogP contribution in [0.1, 0.15) is 0 Å². The van der Waals surface area contributed by atoms with Crippen molar-refractivity contribution in [3.8, 4) is 0 Å². The van der Waals surface area contributed by atoms with Crippen LogP contribution < -0.4 is 21.2 Å². The Bertz CT molecular complexity index is 126. The molecular formula is C4H5INO-. The third kappa shape index (κ3) is 1.15. The van der Waals surface area contributed by atoms with Crippen LogP contribution in [-0.4, -0.2) is 9.91 Å². The molecule has 0 aliphatic rings. The molecule has 0 bridgehead atoms. The first-order chi connectivity index (χ1) is 3.43. The van der Waals surface area contributed by atoms with Gasteiger partial charge in [0.15, 0.2) is 0 Å². The molecule has 0 fully saturated rings. The van der Waals surface area contributed by atoms with Gasteiger partial charge in [0.2, 0.25) is 0 Å². The molecule has 0 aliphatic heterocycles. The fourth-order valence-electron chi connectivity index (χ4n) is 0.299. The Balaban J connectivity index is 2.76. The van der Waals surface area contributed by atoms with Crippen LogP contribution in [0.15, 0.2) is 16.9 Å². The summed E-state index contributed by atoms with van der Waals surface area (Å²) in [5.74, 6) is 0. The third-order valence-corrected chi connectivity index (χ3v) is 2.02. The normalized spacial score (nSPS) is 9.86. The van der Waals surface area contributed by atoms with Crippen molar-refractivity contribution in [2.24, 2.45) is 0 Å². The van der Waals surface area contributed by atoms with Gasteiger partial charge >= 0.3 is 51.9 Å². The van der Waals surface area contributed by atoms with E-state index in [9.17, 15) is 0 Å². The molecule has 0 aliphatic carbocycles. The molecule has 0 amide bonds. The fourth-order valence-corrected chi connectivity index (χ4v) is 1.14. The number of rotatable bonds is 1. The Morgan fingerprint density at radius 1 is 1.86 bits per heavy atom. The van der Waals surface area contributed by atoms with Crippen molar-refractivity contribution < 1.29 is 25.6 Å². The van der Waals surface area contributed by atoms with Gasteiger partial charge in [-0.2, -0.15) is 0 Å². The summed E-state index contributed by atoms with van der Waals surface area (Å²) in [6.45, 7) is 0. The Morgan fingerprint density at radius 2 is 2.71 bits per heavy atom. The van der Waals surface area contributed by atoms with Crippen LogP contribution in [-0.2, 0) is 0 Å². The summed E-state index contributed by atoms with van der Waals surface area (Å²) in [4.78, 5) is 6.03. The van der Waals surface area contributed by atoms with Crippen LogP contribution in [0.4, 0.5) is 0 Å². The molecule has 0 radical (unpaired) electrons. The van der Waals surface area contributed by atoms with Crippen LogP contribution in [0.5, 0.6) is 0 Å². The molecule has 1 rings (SSSR count). The average Bonchev–Trinajstić information content (AvgIpc) is 2.14. The monoisotopic (exact) mass is 210 g/mol. The molecule has 0 aromatic carbocycles. The van der Waals surface area contributed by atoms with Gasteiger partial charge in [-0.15, -0.1) is 0 Å². The van der Waals surface area contributed by atoms with Gasteiger partial charge in [0.25, 0.3) is 0 Å². The van der Waals surface area contributed by atoms with Gasteiger partial charge in [-0.1, -0.05) is 0 Å². The minimum atomic E-state index is 0.0692. The zero-order valence-corrected chi connectivity index (χ0v) is 6.05. The Labute approximate surface area is 52.2 Å². The van der Waals surface area contributed by atoms with Gasteiger partial charge in [-0.3, -0.25) is 0 Å². The summed E-state index contributed by atoms with van der Waals surface area (Å²) in [5, 5.41) is 0. The first kappa shape index (κ1) is 5.08. The molecule has 0 saturated heterocycles. The third-order valence-electron chi connectivity index (χ3n) is 0.564. The summed E-state index contributed by atoms with van der Waals surface area (Å²) in [6.07, 6.45) is 3.29. The maximum atomic E-state index is 4.92. The van der Waals surface area contributed by atoms with E-state index >= 15 is 0 Å². The average molecular weight is 210 g/mol. The van der Waals surface area contributed by atoms with Crippen LogP contribution in [0.3, 0.4) is 0 Å². The number of hydrogen-bond acceptors (Lipinski definition) is 2. The van der Waals surface area contributed by atoms with Crippen LogP contribution in [0, 0.1) is 3.90 Å². The van der Waals surface area contributed by atoms with Crippen LogP contribution >= 0.6 is 0 Å². The quantitative estimate of drug-likeness (QED) is 0.380. The van der Waals surface area contributed by atoms with Crippen LogP contribution in [0.25, 0.3) is 0 Å². The maximum absolute atomic E-state index is 4.92. The zero-order chi connectivity index (χ0) is 5.11. The number of alkyl halides is 1. The van der Waals surface area contributed by atoms with Gasteiger partial charge < -0.3 is 0 Å². The van der Waals surface area contributed by atoms with E-state index in [2.05, 4.69) is 9.91 Å². The minimum absolute atomic E-state index is 0.0692. The summed E-state index contributed by atoms with van der Waals surface area (Å²) >= 11 is 0.0692. The Morgan fingerprint density at radius 3 is 3.00 bits per heavy atom. The number of hydrogen-bond donors (Lipinski definition) is 0. The Kier molecular flexibility index (Phi) is 1.67. The molecule has 40 valence electrons. The van der Waals surface area contributed by atoms with E-state index in [1.807, 2.05) is 0 Å². The number of aromatic nitrogens is 1. The summed E-state index contributed by atoms with van der Waals surface area (Å²) in [6, 6.07) is 0. The molecule has 1 aromatic heterocycles. The van der Waals surface area contributed by atoms with Gasteiger partial charge in [-0.05, 0) is 0 Å². The van der Waals surface area contributed by atoms with Gasteiger partial charge in [0.1, 0.15) is 0 Å². The molecule has 3 heteroatoms. The predicted molar refractivity (Wildman–Crippen MR) is 21.1 cm³/mol. The molecule has 2 nitrogen and oxygen atoms in total. The first-order valence-electron chi connectivity index (χ1n) is 1.82. The summed E-state index contributed by atoms with van der Waals surface area (Å²) in [5.41, 5.74) is 0. The second-order valence-corrected chi connectivity index (χ2v) is 2.98. The number of nitrogens with zero attached hydrogens (tertiary/aromatic N) is 1. The molecule has 1 aromatic rings. The Hall–Kier alpha value is -0.0600. The van der Waals surface area contributed by atoms with E-state index in [1.165, 1.54) is 0 Å². The number of halogens is 1. The first-order valence-corrected chi connectivity index (χ1v) is 5.06.